The molecule has 2 rings (SSSR count). The van der Waals surface area contributed by atoms with Gasteiger partial charge in [0.1, 0.15) is 17.6 Å². The Kier molecular flexibility index (Phi) is 4.35. The van der Waals surface area contributed by atoms with Gasteiger partial charge in [0.05, 0.1) is 6.61 Å². The molecule has 106 valence electrons. The number of hydrogen-bond donors (Lipinski definition) is 1. The summed E-state index contributed by atoms with van der Waals surface area (Å²) in [6, 6.07) is 8.49. The van der Waals surface area contributed by atoms with E-state index in [1.54, 1.807) is 0 Å². The minimum absolute atomic E-state index is 0.187. The van der Waals surface area contributed by atoms with E-state index in [2.05, 4.69) is 26.1 Å². The molecule has 0 saturated heterocycles. The summed E-state index contributed by atoms with van der Waals surface area (Å²) in [6.07, 6.45) is 2.38. The number of nitrogens with one attached hydrogen (secondary N) is 1. The predicted octanol–water partition coefficient (Wildman–Crippen LogP) is 3.24. The first kappa shape index (κ1) is 14.2. The third-order valence-electron chi connectivity index (χ3n) is 4.10. The minimum atomic E-state index is 0.187. The number of benzene rings is 1. The molecule has 1 N–H and O–H groups in total. The Balaban J connectivity index is 1.90. The summed E-state index contributed by atoms with van der Waals surface area (Å²) in [7, 11) is 2.02. The maximum Gasteiger partial charge on any atom is 0.120 e. The molecule has 0 heterocycles. The zero-order valence-electron chi connectivity index (χ0n) is 12.4. The van der Waals surface area contributed by atoms with Gasteiger partial charge in [0.25, 0.3) is 0 Å². The first-order valence-corrected chi connectivity index (χ1v) is 7.14. The van der Waals surface area contributed by atoms with Crippen LogP contribution in [0.3, 0.4) is 0 Å². The van der Waals surface area contributed by atoms with Crippen molar-refractivity contribution in [3.8, 4) is 11.5 Å². The van der Waals surface area contributed by atoms with E-state index in [9.17, 15) is 0 Å². The summed E-state index contributed by atoms with van der Waals surface area (Å²) in [5, 5.41) is 3.34. The first-order valence-electron chi connectivity index (χ1n) is 7.14. The van der Waals surface area contributed by atoms with Gasteiger partial charge in [-0.25, -0.2) is 0 Å². The van der Waals surface area contributed by atoms with Crippen molar-refractivity contribution < 1.29 is 9.47 Å². The number of rotatable bonds is 6. The SMILES string of the molecule is CCCOc1ccc(OC2CC(NC)C2(C)C)cc1. The molecule has 1 fully saturated rings. The highest BCUT2D eigenvalue weighted by Crippen LogP contribution is 2.42. The van der Waals surface area contributed by atoms with Gasteiger partial charge < -0.3 is 14.8 Å². The summed E-state index contributed by atoms with van der Waals surface area (Å²) in [5.41, 5.74) is 0.187. The third-order valence-corrected chi connectivity index (χ3v) is 4.10. The quantitative estimate of drug-likeness (QED) is 0.854. The second-order valence-electron chi connectivity index (χ2n) is 5.82. The maximum atomic E-state index is 6.06. The Labute approximate surface area is 116 Å². The van der Waals surface area contributed by atoms with Crippen LogP contribution < -0.4 is 14.8 Å². The van der Waals surface area contributed by atoms with Crippen LogP contribution in [0.25, 0.3) is 0 Å². The Morgan fingerprint density at radius 3 is 2.37 bits per heavy atom. The van der Waals surface area contributed by atoms with Gasteiger partial charge in [-0.2, -0.15) is 0 Å². The van der Waals surface area contributed by atoms with Crippen LogP contribution in [0.2, 0.25) is 0 Å². The van der Waals surface area contributed by atoms with Crippen molar-refractivity contribution in [3.05, 3.63) is 24.3 Å². The second-order valence-corrected chi connectivity index (χ2v) is 5.82. The molecule has 0 aromatic heterocycles. The average molecular weight is 263 g/mol. The Morgan fingerprint density at radius 1 is 1.21 bits per heavy atom. The van der Waals surface area contributed by atoms with Crippen molar-refractivity contribution in [2.75, 3.05) is 13.7 Å². The van der Waals surface area contributed by atoms with Crippen molar-refractivity contribution in [2.45, 2.75) is 45.8 Å². The fourth-order valence-electron chi connectivity index (χ4n) is 2.57. The van der Waals surface area contributed by atoms with E-state index in [1.165, 1.54) is 0 Å². The zero-order chi connectivity index (χ0) is 13.9. The van der Waals surface area contributed by atoms with Gasteiger partial charge in [0, 0.05) is 17.9 Å². The Hall–Kier alpha value is -1.22. The zero-order valence-corrected chi connectivity index (χ0v) is 12.4. The molecule has 3 heteroatoms. The van der Waals surface area contributed by atoms with Gasteiger partial charge in [-0.05, 0) is 37.7 Å². The fraction of sp³-hybridized carbons (Fsp3) is 0.625. The van der Waals surface area contributed by atoms with Crippen molar-refractivity contribution in [2.24, 2.45) is 5.41 Å². The summed E-state index contributed by atoms with van der Waals surface area (Å²) in [5.74, 6) is 1.84. The van der Waals surface area contributed by atoms with E-state index < -0.39 is 0 Å². The molecule has 0 radical (unpaired) electrons. The Morgan fingerprint density at radius 2 is 1.84 bits per heavy atom. The normalized spacial score (nSPS) is 24.6. The molecular weight excluding hydrogens is 238 g/mol. The fourth-order valence-corrected chi connectivity index (χ4v) is 2.57. The highest BCUT2D eigenvalue weighted by Gasteiger charge is 2.49. The van der Waals surface area contributed by atoms with E-state index >= 15 is 0 Å². The van der Waals surface area contributed by atoms with E-state index in [4.69, 9.17) is 9.47 Å². The van der Waals surface area contributed by atoms with Crippen LogP contribution in [0.4, 0.5) is 0 Å². The molecule has 2 unspecified atom stereocenters. The van der Waals surface area contributed by atoms with Crippen LogP contribution in [-0.4, -0.2) is 25.8 Å². The third kappa shape index (κ3) is 3.03. The summed E-state index contributed by atoms with van der Waals surface area (Å²) in [6.45, 7) is 7.37. The molecule has 1 aromatic rings. The molecule has 0 bridgehead atoms. The molecule has 0 aliphatic heterocycles. The van der Waals surface area contributed by atoms with Crippen LogP contribution in [-0.2, 0) is 0 Å². The molecule has 1 aliphatic rings. The lowest BCUT2D eigenvalue weighted by Crippen LogP contribution is -2.61. The lowest BCUT2D eigenvalue weighted by atomic mass is 9.64. The molecule has 0 amide bonds. The second kappa shape index (κ2) is 5.83. The van der Waals surface area contributed by atoms with Gasteiger partial charge in [0.2, 0.25) is 0 Å². The molecule has 1 saturated carbocycles. The van der Waals surface area contributed by atoms with Gasteiger partial charge in [0.15, 0.2) is 0 Å². The lowest BCUT2D eigenvalue weighted by molar-refractivity contribution is -0.0521. The van der Waals surface area contributed by atoms with Crippen molar-refractivity contribution in [1.29, 1.82) is 0 Å². The largest absolute Gasteiger partial charge is 0.494 e. The van der Waals surface area contributed by atoms with E-state index in [-0.39, 0.29) is 11.5 Å². The number of hydrogen-bond acceptors (Lipinski definition) is 3. The first-order chi connectivity index (χ1) is 9.07. The number of ether oxygens (including phenoxy) is 2. The Bertz CT molecular complexity index is 400. The van der Waals surface area contributed by atoms with Crippen molar-refractivity contribution in [3.63, 3.8) is 0 Å². The van der Waals surface area contributed by atoms with E-state index in [0.29, 0.717) is 6.04 Å². The summed E-state index contributed by atoms with van der Waals surface area (Å²) >= 11 is 0. The highest BCUT2D eigenvalue weighted by molar-refractivity contribution is 5.31. The van der Waals surface area contributed by atoms with Gasteiger partial charge in [-0.3, -0.25) is 0 Å². The molecular formula is C16H25NO2. The molecule has 1 aliphatic carbocycles. The average Bonchev–Trinajstić information content (AvgIpc) is 2.42. The predicted molar refractivity (Wildman–Crippen MR) is 77.9 cm³/mol. The molecule has 19 heavy (non-hydrogen) atoms. The summed E-state index contributed by atoms with van der Waals surface area (Å²) < 4.78 is 11.6. The molecule has 1 aromatic carbocycles. The van der Waals surface area contributed by atoms with Crippen LogP contribution in [0.15, 0.2) is 24.3 Å². The standard InChI is InChI=1S/C16H25NO2/c1-5-10-18-12-6-8-13(9-7-12)19-15-11-14(17-4)16(15,2)3/h6-9,14-15,17H,5,10-11H2,1-4H3. The smallest absolute Gasteiger partial charge is 0.120 e. The molecule has 2 atom stereocenters. The van der Waals surface area contributed by atoms with Crippen LogP contribution in [0.5, 0.6) is 11.5 Å². The lowest BCUT2D eigenvalue weighted by Gasteiger charge is -2.51. The minimum Gasteiger partial charge on any atom is -0.494 e. The maximum absolute atomic E-state index is 6.06. The van der Waals surface area contributed by atoms with E-state index in [0.717, 1.165) is 30.9 Å². The van der Waals surface area contributed by atoms with Crippen LogP contribution in [0.1, 0.15) is 33.6 Å². The topological polar surface area (TPSA) is 30.5 Å². The molecule has 3 nitrogen and oxygen atoms in total. The summed E-state index contributed by atoms with van der Waals surface area (Å²) in [4.78, 5) is 0. The van der Waals surface area contributed by atoms with Gasteiger partial charge in [-0.15, -0.1) is 0 Å². The van der Waals surface area contributed by atoms with Crippen molar-refractivity contribution in [1.82, 2.24) is 5.32 Å². The van der Waals surface area contributed by atoms with Gasteiger partial charge in [-0.1, -0.05) is 20.8 Å². The molecule has 0 spiro atoms. The highest BCUT2D eigenvalue weighted by atomic mass is 16.5. The van der Waals surface area contributed by atoms with E-state index in [1.807, 2.05) is 31.3 Å². The van der Waals surface area contributed by atoms with Crippen molar-refractivity contribution >= 4 is 0 Å². The monoisotopic (exact) mass is 263 g/mol. The van der Waals surface area contributed by atoms with Crippen LogP contribution >= 0.6 is 0 Å². The van der Waals surface area contributed by atoms with Crippen LogP contribution in [0, 0.1) is 5.41 Å². The van der Waals surface area contributed by atoms with Gasteiger partial charge >= 0.3 is 0 Å².